The third kappa shape index (κ3) is 3.04. The van der Waals surface area contributed by atoms with Crippen LogP contribution in [0.5, 0.6) is 0 Å². The lowest BCUT2D eigenvalue weighted by atomic mass is 10.1. The van der Waals surface area contributed by atoms with Crippen LogP contribution in [0.15, 0.2) is 24.3 Å². The fourth-order valence-corrected chi connectivity index (χ4v) is 2.57. The molecule has 1 aliphatic heterocycles. The highest BCUT2D eigenvalue weighted by atomic mass is 15.3. The van der Waals surface area contributed by atoms with Crippen LogP contribution in [0.2, 0.25) is 0 Å². The fraction of sp³-hybridized carbons (Fsp3) is 0.400. The number of nitrogens with two attached hydrogens (primary N) is 1. The predicted molar refractivity (Wildman–Crippen MR) is 84.8 cm³/mol. The van der Waals surface area contributed by atoms with Crippen molar-refractivity contribution in [2.75, 3.05) is 29.0 Å². The highest BCUT2D eigenvalue weighted by Gasteiger charge is 2.17. The van der Waals surface area contributed by atoms with Gasteiger partial charge in [-0.25, -0.2) is 0 Å². The van der Waals surface area contributed by atoms with Crippen molar-refractivity contribution in [3.05, 3.63) is 29.8 Å². The number of aromatic nitrogens is 3. The number of aryl methyl sites for hydroxylation is 1. The van der Waals surface area contributed by atoms with Gasteiger partial charge in [-0.3, -0.25) is 0 Å². The molecule has 1 aromatic carbocycles. The Morgan fingerprint density at radius 1 is 1.14 bits per heavy atom. The van der Waals surface area contributed by atoms with Gasteiger partial charge >= 0.3 is 0 Å². The third-order valence-corrected chi connectivity index (χ3v) is 3.67. The Kier molecular flexibility index (Phi) is 3.85. The number of hydrogen-bond acceptors (Lipinski definition) is 6. The number of rotatable bonds is 4. The molecule has 0 spiro atoms. The largest absolute Gasteiger partial charge is 0.368 e. The van der Waals surface area contributed by atoms with E-state index in [9.17, 15) is 0 Å². The Labute approximate surface area is 124 Å². The minimum atomic E-state index is 0.253. The van der Waals surface area contributed by atoms with Crippen molar-refractivity contribution in [2.24, 2.45) is 0 Å². The van der Waals surface area contributed by atoms with Crippen LogP contribution in [0.3, 0.4) is 0 Å². The van der Waals surface area contributed by atoms with Crippen LogP contribution in [0.4, 0.5) is 23.5 Å². The summed E-state index contributed by atoms with van der Waals surface area (Å²) in [4.78, 5) is 15.1. The van der Waals surface area contributed by atoms with Crippen LogP contribution >= 0.6 is 0 Å². The summed E-state index contributed by atoms with van der Waals surface area (Å²) in [6.45, 7) is 4.08. The molecule has 110 valence electrons. The number of hydrogen-bond donors (Lipinski definition) is 2. The molecular weight excluding hydrogens is 264 g/mol. The molecule has 2 aromatic rings. The van der Waals surface area contributed by atoms with Crippen molar-refractivity contribution in [2.45, 2.75) is 26.2 Å². The van der Waals surface area contributed by atoms with Gasteiger partial charge in [-0.1, -0.05) is 25.1 Å². The van der Waals surface area contributed by atoms with Gasteiger partial charge in [0.2, 0.25) is 17.8 Å². The first-order chi connectivity index (χ1) is 10.3. The zero-order chi connectivity index (χ0) is 14.7. The molecular formula is C15H20N6. The molecule has 0 radical (unpaired) electrons. The Balaban J connectivity index is 1.88. The molecule has 1 fully saturated rings. The smallest absolute Gasteiger partial charge is 0.233 e. The van der Waals surface area contributed by atoms with Gasteiger partial charge in [0, 0.05) is 18.8 Å². The second-order valence-corrected chi connectivity index (χ2v) is 5.15. The van der Waals surface area contributed by atoms with Crippen LogP contribution in [0, 0.1) is 0 Å². The quantitative estimate of drug-likeness (QED) is 0.897. The van der Waals surface area contributed by atoms with Gasteiger partial charge in [0.15, 0.2) is 0 Å². The average Bonchev–Trinajstić information content (AvgIpc) is 3.01. The lowest BCUT2D eigenvalue weighted by Gasteiger charge is -2.16. The highest BCUT2D eigenvalue weighted by Crippen LogP contribution is 2.22. The lowest BCUT2D eigenvalue weighted by molar-refractivity contribution is 0.887. The maximum Gasteiger partial charge on any atom is 0.233 e. The summed E-state index contributed by atoms with van der Waals surface area (Å²) in [7, 11) is 0. The van der Waals surface area contributed by atoms with Crippen molar-refractivity contribution >= 4 is 23.5 Å². The van der Waals surface area contributed by atoms with Crippen molar-refractivity contribution in [3.8, 4) is 0 Å². The molecule has 1 aliphatic rings. The summed E-state index contributed by atoms with van der Waals surface area (Å²) in [5.41, 5.74) is 8.06. The van der Waals surface area contributed by atoms with Gasteiger partial charge in [-0.2, -0.15) is 15.0 Å². The molecule has 0 amide bonds. The summed E-state index contributed by atoms with van der Waals surface area (Å²) in [5, 5.41) is 3.26. The Bertz CT molecular complexity index is 621. The van der Waals surface area contributed by atoms with E-state index in [4.69, 9.17) is 5.73 Å². The standard InChI is InChI=1S/C15H20N6/c1-2-11-7-3-4-8-12(11)17-14-18-13(16)19-15(20-14)21-9-5-6-10-21/h3-4,7-8H,2,5-6,9-10H2,1H3,(H3,16,17,18,19,20). The van der Waals surface area contributed by atoms with E-state index in [-0.39, 0.29) is 5.95 Å². The van der Waals surface area contributed by atoms with E-state index in [0.29, 0.717) is 11.9 Å². The van der Waals surface area contributed by atoms with Gasteiger partial charge in [0.25, 0.3) is 0 Å². The highest BCUT2D eigenvalue weighted by molar-refractivity contribution is 5.59. The van der Waals surface area contributed by atoms with Crippen molar-refractivity contribution in [3.63, 3.8) is 0 Å². The molecule has 6 nitrogen and oxygen atoms in total. The zero-order valence-electron chi connectivity index (χ0n) is 12.2. The fourth-order valence-electron chi connectivity index (χ4n) is 2.57. The number of anilines is 4. The minimum absolute atomic E-state index is 0.253. The molecule has 0 atom stereocenters. The average molecular weight is 284 g/mol. The number of nitrogens with one attached hydrogen (secondary N) is 1. The van der Waals surface area contributed by atoms with E-state index < -0.39 is 0 Å². The van der Waals surface area contributed by atoms with Crippen LogP contribution in [0.25, 0.3) is 0 Å². The summed E-state index contributed by atoms with van der Waals surface area (Å²) in [5.74, 6) is 1.42. The van der Waals surface area contributed by atoms with Crippen LogP contribution in [-0.4, -0.2) is 28.0 Å². The minimum Gasteiger partial charge on any atom is -0.368 e. The van der Waals surface area contributed by atoms with Gasteiger partial charge in [0.1, 0.15) is 0 Å². The number of nitrogens with zero attached hydrogens (tertiary/aromatic N) is 4. The topological polar surface area (TPSA) is 80.0 Å². The van der Waals surface area contributed by atoms with E-state index in [1.165, 1.54) is 18.4 Å². The lowest BCUT2D eigenvalue weighted by Crippen LogP contribution is -2.22. The normalized spacial score (nSPS) is 14.4. The first kappa shape index (κ1) is 13.6. The molecule has 2 heterocycles. The molecule has 0 unspecified atom stereocenters. The van der Waals surface area contributed by atoms with Crippen LogP contribution in [-0.2, 0) is 6.42 Å². The summed E-state index contributed by atoms with van der Waals surface area (Å²) < 4.78 is 0. The first-order valence-electron chi connectivity index (χ1n) is 7.37. The molecule has 0 bridgehead atoms. The predicted octanol–water partition coefficient (Wildman–Crippen LogP) is 2.36. The van der Waals surface area contributed by atoms with Crippen LogP contribution in [0.1, 0.15) is 25.3 Å². The van der Waals surface area contributed by atoms with Crippen molar-refractivity contribution in [1.82, 2.24) is 15.0 Å². The van der Waals surface area contributed by atoms with Gasteiger partial charge in [-0.05, 0) is 30.9 Å². The van der Waals surface area contributed by atoms with Crippen molar-refractivity contribution < 1.29 is 0 Å². The SMILES string of the molecule is CCc1ccccc1Nc1nc(N)nc(N2CCCC2)n1. The monoisotopic (exact) mass is 284 g/mol. The van der Waals surface area contributed by atoms with Gasteiger partial charge in [0.05, 0.1) is 0 Å². The second kappa shape index (κ2) is 5.95. The zero-order valence-corrected chi connectivity index (χ0v) is 12.2. The molecule has 1 aromatic heterocycles. The van der Waals surface area contributed by atoms with Crippen LogP contribution < -0.4 is 16.0 Å². The summed E-state index contributed by atoms with van der Waals surface area (Å²) >= 11 is 0. The molecule has 1 saturated heterocycles. The Morgan fingerprint density at radius 2 is 1.90 bits per heavy atom. The molecule has 0 aliphatic carbocycles. The molecule has 6 heteroatoms. The molecule has 3 rings (SSSR count). The van der Waals surface area contributed by atoms with E-state index in [1.807, 2.05) is 18.2 Å². The van der Waals surface area contributed by atoms with Gasteiger partial charge < -0.3 is 16.0 Å². The van der Waals surface area contributed by atoms with E-state index >= 15 is 0 Å². The third-order valence-electron chi connectivity index (χ3n) is 3.67. The number of benzene rings is 1. The number of nitrogen functional groups attached to an aromatic ring is 1. The Morgan fingerprint density at radius 3 is 2.67 bits per heavy atom. The molecule has 21 heavy (non-hydrogen) atoms. The maximum atomic E-state index is 5.82. The molecule has 0 saturated carbocycles. The summed E-state index contributed by atoms with van der Waals surface area (Å²) in [6, 6.07) is 8.14. The van der Waals surface area contributed by atoms with E-state index in [2.05, 4.69) is 38.2 Å². The second-order valence-electron chi connectivity index (χ2n) is 5.15. The van der Waals surface area contributed by atoms with E-state index in [0.717, 1.165) is 25.2 Å². The Hall–Kier alpha value is -2.37. The van der Waals surface area contributed by atoms with Gasteiger partial charge in [-0.15, -0.1) is 0 Å². The maximum absolute atomic E-state index is 5.82. The number of para-hydroxylation sites is 1. The molecule has 3 N–H and O–H groups in total. The van der Waals surface area contributed by atoms with E-state index in [1.54, 1.807) is 0 Å². The van der Waals surface area contributed by atoms with Crippen molar-refractivity contribution in [1.29, 1.82) is 0 Å². The summed E-state index contributed by atoms with van der Waals surface area (Å²) in [6.07, 6.45) is 3.29. The first-order valence-corrected chi connectivity index (χ1v) is 7.37.